The average Bonchev–Trinajstić information content (AvgIpc) is 2.23. The van der Waals surface area contributed by atoms with Crippen LogP contribution in [0.15, 0.2) is 23.3 Å². The van der Waals surface area contributed by atoms with Gasteiger partial charge in [0.2, 0.25) is 0 Å². The topological polar surface area (TPSA) is 46.5 Å². The number of esters is 1. The monoisotopic (exact) mass is 254 g/mol. The highest BCUT2D eigenvalue weighted by Gasteiger charge is 2.22. The molecule has 0 aliphatic carbocycles. The van der Waals surface area contributed by atoms with Crippen molar-refractivity contribution in [3.05, 3.63) is 23.3 Å². The molecule has 0 fully saturated rings. The molecule has 1 N–H and O–H groups in total. The van der Waals surface area contributed by atoms with E-state index in [1.807, 2.05) is 47.6 Å². The molecular weight excluding hydrogens is 228 g/mol. The van der Waals surface area contributed by atoms with Crippen LogP contribution in [0.1, 0.15) is 48.0 Å². The van der Waals surface area contributed by atoms with Gasteiger partial charge in [-0.15, -0.1) is 0 Å². The molecule has 0 saturated carbocycles. The van der Waals surface area contributed by atoms with Crippen molar-refractivity contribution < 1.29 is 14.6 Å². The summed E-state index contributed by atoms with van der Waals surface area (Å²) in [6, 6.07) is 0. The molecule has 1 unspecified atom stereocenters. The van der Waals surface area contributed by atoms with Crippen molar-refractivity contribution in [3.8, 4) is 0 Å². The van der Waals surface area contributed by atoms with Crippen LogP contribution in [0, 0.1) is 5.41 Å². The molecule has 0 heterocycles. The van der Waals surface area contributed by atoms with E-state index in [0.717, 1.165) is 5.57 Å². The Morgan fingerprint density at radius 2 is 1.78 bits per heavy atom. The van der Waals surface area contributed by atoms with Crippen LogP contribution in [0.4, 0.5) is 0 Å². The van der Waals surface area contributed by atoms with Crippen LogP contribution < -0.4 is 0 Å². The van der Waals surface area contributed by atoms with Crippen LogP contribution in [0.5, 0.6) is 0 Å². The summed E-state index contributed by atoms with van der Waals surface area (Å²) < 4.78 is 5.11. The summed E-state index contributed by atoms with van der Waals surface area (Å²) in [5.41, 5.74) is 1.53. The minimum Gasteiger partial charge on any atom is -0.461 e. The lowest BCUT2D eigenvalue weighted by Crippen LogP contribution is -2.23. The van der Waals surface area contributed by atoms with Crippen molar-refractivity contribution in [1.29, 1.82) is 0 Å². The first kappa shape index (κ1) is 16.9. The fourth-order valence-corrected chi connectivity index (χ4v) is 1.13. The van der Waals surface area contributed by atoms with Crippen molar-refractivity contribution in [2.24, 2.45) is 5.41 Å². The molecule has 3 heteroatoms. The first-order valence-electron chi connectivity index (χ1n) is 6.30. The van der Waals surface area contributed by atoms with Gasteiger partial charge in [-0.3, -0.25) is 4.79 Å². The zero-order chi connectivity index (χ0) is 14.3. The molecule has 0 aliphatic heterocycles. The zero-order valence-electron chi connectivity index (χ0n) is 12.4. The first-order chi connectivity index (χ1) is 8.14. The third-order valence-electron chi connectivity index (χ3n) is 2.51. The molecule has 0 spiro atoms. The van der Waals surface area contributed by atoms with Crippen molar-refractivity contribution >= 4 is 5.97 Å². The molecule has 0 aromatic carbocycles. The molecule has 0 radical (unpaired) electrons. The summed E-state index contributed by atoms with van der Waals surface area (Å²) in [5, 5.41) is 9.84. The Kier molecular flexibility index (Phi) is 6.92. The van der Waals surface area contributed by atoms with E-state index in [-0.39, 0.29) is 12.6 Å². The lowest BCUT2D eigenvalue weighted by Gasteiger charge is -2.16. The number of hydrogen-bond acceptors (Lipinski definition) is 3. The van der Waals surface area contributed by atoms with Crippen LogP contribution in [0.3, 0.4) is 0 Å². The number of carbonyl (C=O) groups is 1. The predicted molar refractivity (Wildman–Crippen MR) is 74.2 cm³/mol. The van der Waals surface area contributed by atoms with Gasteiger partial charge >= 0.3 is 5.97 Å². The van der Waals surface area contributed by atoms with Crippen molar-refractivity contribution in [3.63, 3.8) is 0 Å². The molecule has 0 bridgehead atoms. The summed E-state index contributed by atoms with van der Waals surface area (Å²) in [6.45, 7) is 11.5. The van der Waals surface area contributed by atoms with Crippen LogP contribution >= 0.6 is 0 Å². The fraction of sp³-hybridized carbons (Fsp3) is 0.667. The van der Waals surface area contributed by atoms with Crippen LogP contribution in [-0.2, 0) is 9.53 Å². The maximum Gasteiger partial charge on any atom is 0.311 e. The molecule has 0 aliphatic rings. The highest BCUT2D eigenvalue weighted by atomic mass is 16.5. The maximum absolute atomic E-state index is 11.5. The summed E-state index contributed by atoms with van der Waals surface area (Å²) in [6.07, 6.45) is 3.84. The quantitative estimate of drug-likeness (QED) is 0.605. The Morgan fingerprint density at radius 3 is 2.22 bits per heavy atom. The van der Waals surface area contributed by atoms with Crippen molar-refractivity contribution in [1.82, 2.24) is 0 Å². The molecule has 18 heavy (non-hydrogen) atoms. The second-order valence-corrected chi connectivity index (χ2v) is 5.83. The molecule has 1 atom stereocenters. The van der Waals surface area contributed by atoms with Gasteiger partial charge in [-0.1, -0.05) is 11.6 Å². The Balaban J connectivity index is 4.20. The molecule has 0 aromatic heterocycles. The minimum absolute atomic E-state index is 0.216. The molecule has 104 valence electrons. The average molecular weight is 254 g/mol. The van der Waals surface area contributed by atoms with Crippen LogP contribution in [-0.4, -0.2) is 23.8 Å². The van der Waals surface area contributed by atoms with E-state index in [4.69, 9.17) is 4.74 Å². The largest absolute Gasteiger partial charge is 0.461 e. The molecule has 0 rings (SSSR count). The highest BCUT2D eigenvalue weighted by Crippen LogP contribution is 2.15. The van der Waals surface area contributed by atoms with Gasteiger partial charge in [0.05, 0.1) is 11.5 Å². The van der Waals surface area contributed by atoms with Crippen LogP contribution in [0.25, 0.3) is 0 Å². The van der Waals surface area contributed by atoms with E-state index < -0.39 is 11.5 Å². The van der Waals surface area contributed by atoms with E-state index in [1.54, 1.807) is 6.08 Å². The van der Waals surface area contributed by atoms with Gasteiger partial charge in [0.25, 0.3) is 0 Å². The fourth-order valence-electron chi connectivity index (χ4n) is 1.13. The second kappa shape index (κ2) is 7.37. The summed E-state index contributed by atoms with van der Waals surface area (Å²) in [7, 11) is 0. The maximum atomic E-state index is 11.5. The molecule has 3 nitrogen and oxygen atoms in total. The van der Waals surface area contributed by atoms with Gasteiger partial charge in [0.1, 0.15) is 6.61 Å². The molecule has 0 aromatic rings. The second-order valence-electron chi connectivity index (χ2n) is 5.83. The van der Waals surface area contributed by atoms with E-state index >= 15 is 0 Å². The van der Waals surface area contributed by atoms with Gasteiger partial charge in [-0.25, -0.2) is 0 Å². The number of allylic oxidation sites excluding steroid dienone is 1. The van der Waals surface area contributed by atoms with E-state index in [0.29, 0.717) is 6.42 Å². The third-order valence-corrected chi connectivity index (χ3v) is 2.51. The smallest absolute Gasteiger partial charge is 0.311 e. The van der Waals surface area contributed by atoms with E-state index in [2.05, 4.69) is 0 Å². The normalized spacial score (nSPS) is 14.1. The number of rotatable bonds is 5. The highest BCUT2D eigenvalue weighted by molar-refractivity contribution is 5.75. The zero-order valence-corrected chi connectivity index (χ0v) is 12.4. The number of carbonyl (C=O) groups excluding carboxylic acids is 1. The standard InChI is InChI=1S/C15H26O3/c1-11(2)7-8-13(16)12(3)9-10-18-14(17)15(4,5)6/h7,9,13,16H,8,10H2,1-6H3/b12-9+. The number of ether oxygens (including phenoxy) is 1. The van der Waals surface area contributed by atoms with Crippen molar-refractivity contribution in [2.75, 3.05) is 6.61 Å². The summed E-state index contributed by atoms with van der Waals surface area (Å²) in [5.74, 6) is -0.231. The summed E-state index contributed by atoms with van der Waals surface area (Å²) in [4.78, 5) is 11.5. The summed E-state index contributed by atoms with van der Waals surface area (Å²) >= 11 is 0. The van der Waals surface area contributed by atoms with E-state index in [1.165, 1.54) is 5.57 Å². The first-order valence-corrected chi connectivity index (χ1v) is 6.30. The number of aliphatic hydroxyl groups excluding tert-OH is 1. The number of hydrogen-bond donors (Lipinski definition) is 1. The van der Waals surface area contributed by atoms with Gasteiger partial charge in [0.15, 0.2) is 0 Å². The molecular formula is C15H26O3. The Morgan fingerprint density at radius 1 is 1.22 bits per heavy atom. The van der Waals surface area contributed by atoms with E-state index in [9.17, 15) is 9.90 Å². The Labute approximate surface area is 111 Å². The van der Waals surface area contributed by atoms with Crippen molar-refractivity contribution in [2.45, 2.75) is 54.1 Å². The Bertz CT molecular complexity index is 328. The minimum atomic E-state index is -0.506. The predicted octanol–water partition coefficient (Wildman–Crippen LogP) is 3.24. The van der Waals surface area contributed by atoms with Gasteiger partial charge in [-0.05, 0) is 59.6 Å². The Hall–Kier alpha value is -1.09. The van der Waals surface area contributed by atoms with Gasteiger partial charge < -0.3 is 9.84 Å². The number of aliphatic hydroxyl groups is 1. The molecule has 0 saturated heterocycles. The lowest BCUT2D eigenvalue weighted by atomic mass is 9.97. The lowest BCUT2D eigenvalue weighted by molar-refractivity contribution is -0.151. The molecule has 0 amide bonds. The third kappa shape index (κ3) is 7.28. The SMILES string of the molecule is CC(C)=CCC(O)/C(C)=C/COC(=O)C(C)(C)C. The van der Waals surface area contributed by atoms with Crippen LogP contribution in [0.2, 0.25) is 0 Å². The van der Waals surface area contributed by atoms with Gasteiger partial charge in [-0.2, -0.15) is 0 Å². The van der Waals surface area contributed by atoms with Gasteiger partial charge in [0, 0.05) is 0 Å².